The van der Waals surface area contributed by atoms with Crippen molar-refractivity contribution in [1.82, 2.24) is 10.6 Å². The summed E-state index contributed by atoms with van der Waals surface area (Å²) in [5, 5.41) is 15.5. The zero-order chi connectivity index (χ0) is 15.2. The molecule has 1 fully saturated rings. The average molecular weight is 290 g/mol. The first kappa shape index (κ1) is 15.5. The third kappa shape index (κ3) is 4.56. The largest absolute Gasteiger partial charge is 0.391 e. The van der Waals surface area contributed by atoms with Crippen molar-refractivity contribution in [3.8, 4) is 0 Å². The maximum atomic E-state index is 12.1. The van der Waals surface area contributed by atoms with Crippen molar-refractivity contribution < 1.29 is 14.7 Å². The van der Waals surface area contributed by atoms with Crippen LogP contribution in [-0.4, -0.2) is 29.1 Å². The molecule has 3 N–H and O–H groups in total. The highest BCUT2D eigenvalue weighted by atomic mass is 16.3. The Labute approximate surface area is 124 Å². The second kappa shape index (κ2) is 7.22. The minimum Gasteiger partial charge on any atom is -0.391 e. The van der Waals surface area contributed by atoms with E-state index in [0.717, 1.165) is 31.2 Å². The van der Waals surface area contributed by atoms with Crippen LogP contribution >= 0.6 is 0 Å². The topological polar surface area (TPSA) is 78.4 Å². The molecule has 1 aromatic carbocycles. The number of aliphatic hydroxyl groups excluding tert-OH is 1. The smallest absolute Gasteiger partial charge is 0.251 e. The molecule has 5 heteroatoms. The molecule has 5 nitrogen and oxygen atoms in total. The van der Waals surface area contributed by atoms with Crippen LogP contribution in [0.25, 0.3) is 0 Å². The second-order valence-electron chi connectivity index (χ2n) is 5.54. The molecule has 1 aliphatic carbocycles. The molecule has 0 unspecified atom stereocenters. The number of benzene rings is 1. The molecule has 114 valence electrons. The molecule has 1 aromatic rings. The summed E-state index contributed by atoms with van der Waals surface area (Å²) in [6.07, 6.45) is 3.19. The standard InChI is InChI=1S/C16H22N2O3/c1-11(19)17-10-12-6-8-13(9-7-12)16(21)18-14-4-2-3-5-15(14)20/h6-9,14-15,20H,2-5,10H2,1H3,(H,17,19)(H,18,21)/t14-,15-/m0/s1. The first-order valence-corrected chi connectivity index (χ1v) is 7.38. The number of aliphatic hydroxyl groups is 1. The van der Waals surface area contributed by atoms with Gasteiger partial charge in [-0.05, 0) is 30.5 Å². The number of rotatable bonds is 4. The van der Waals surface area contributed by atoms with E-state index < -0.39 is 6.10 Å². The van der Waals surface area contributed by atoms with Gasteiger partial charge in [-0.15, -0.1) is 0 Å². The number of hydrogen-bond donors (Lipinski definition) is 3. The minimum atomic E-state index is -0.443. The predicted molar refractivity (Wildman–Crippen MR) is 79.7 cm³/mol. The summed E-state index contributed by atoms with van der Waals surface area (Å²) in [6, 6.07) is 6.97. The summed E-state index contributed by atoms with van der Waals surface area (Å²) in [6.45, 7) is 1.93. The lowest BCUT2D eigenvalue weighted by Crippen LogP contribution is -2.45. The Morgan fingerprint density at radius 3 is 2.48 bits per heavy atom. The van der Waals surface area contributed by atoms with E-state index in [4.69, 9.17) is 0 Å². The van der Waals surface area contributed by atoms with Crippen molar-refractivity contribution in [1.29, 1.82) is 0 Å². The van der Waals surface area contributed by atoms with Crippen LogP contribution in [0.5, 0.6) is 0 Å². The molecule has 0 saturated heterocycles. The summed E-state index contributed by atoms with van der Waals surface area (Å²) in [5.74, 6) is -0.241. The molecular formula is C16H22N2O3. The fourth-order valence-electron chi connectivity index (χ4n) is 2.53. The van der Waals surface area contributed by atoms with Gasteiger partial charge in [0.15, 0.2) is 0 Å². The molecule has 0 bridgehead atoms. The molecule has 2 amide bonds. The molecule has 2 rings (SSSR count). The van der Waals surface area contributed by atoms with E-state index >= 15 is 0 Å². The van der Waals surface area contributed by atoms with Crippen molar-refractivity contribution in [2.75, 3.05) is 0 Å². The van der Waals surface area contributed by atoms with E-state index in [1.165, 1.54) is 6.92 Å². The predicted octanol–water partition coefficient (Wildman–Crippen LogP) is 1.36. The summed E-state index contributed by atoms with van der Waals surface area (Å²) < 4.78 is 0. The van der Waals surface area contributed by atoms with Crippen LogP contribution in [0.3, 0.4) is 0 Å². The van der Waals surface area contributed by atoms with Crippen LogP contribution < -0.4 is 10.6 Å². The third-order valence-electron chi connectivity index (χ3n) is 3.80. The molecule has 0 aliphatic heterocycles. The van der Waals surface area contributed by atoms with E-state index in [9.17, 15) is 14.7 Å². The van der Waals surface area contributed by atoms with Crippen molar-refractivity contribution >= 4 is 11.8 Å². The molecule has 1 aliphatic rings. The van der Waals surface area contributed by atoms with Gasteiger partial charge in [-0.1, -0.05) is 25.0 Å². The molecule has 0 radical (unpaired) electrons. The van der Waals surface area contributed by atoms with Gasteiger partial charge in [0.05, 0.1) is 12.1 Å². The van der Waals surface area contributed by atoms with E-state index in [0.29, 0.717) is 12.1 Å². The Balaban J connectivity index is 1.91. The van der Waals surface area contributed by atoms with Crippen molar-refractivity contribution in [2.45, 2.75) is 51.3 Å². The summed E-state index contributed by atoms with van der Waals surface area (Å²) in [4.78, 5) is 23.0. The van der Waals surface area contributed by atoms with Gasteiger partial charge >= 0.3 is 0 Å². The zero-order valence-corrected chi connectivity index (χ0v) is 12.3. The number of carbonyl (C=O) groups excluding carboxylic acids is 2. The SMILES string of the molecule is CC(=O)NCc1ccc(C(=O)N[C@H]2CCCC[C@@H]2O)cc1. The van der Waals surface area contributed by atoms with Crippen LogP contribution in [0.4, 0.5) is 0 Å². The van der Waals surface area contributed by atoms with Gasteiger partial charge in [0.25, 0.3) is 5.91 Å². The third-order valence-corrected chi connectivity index (χ3v) is 3.80. The molecule has 0 spiro atoms. The van der Waals surface area contributed by atoms with Crippen molar-refractivity contribution in [3.63, 3.8) is 0 Å². The molecular weight excluding hydrogens is 268 g/mol. The second-order valence-corrected chi connectivity index (χ2v) is 5.54. The van der Waals surface area contributed by atoms with Gasteiger partial charge in [0, 0.05) is 19.0 Å². The normalized spacial score (nSPS) is 21.6. The van der Waals surface area contributed by atoms with Gasteiger partial charge in [0.1, 0.15) is 0 Å². The van der Waals surface area contributed by atoms with E-state index in [1.807, 2.05) is 12.1 Å². The van der Waals surface area contributed by atoms with Crippen LogP contribution in [0, 0.1) is 0 Å². The Morgan fingerprint density at radius 1 is 1.19 bits per heavy atom. The maximum absolute atomic E-state index is 12.1. The van der Waals surface area contributed by atoms with Gasteiger partial charge in [-0.3, -0.25) is 9.59 Å². The van der Waals surface area contributed by atoms with Crippen molar-refractivity contribution in [2.24, 2.45) is 0 Å². The maximum Gasteiger partial charge on any atom is 0.251 e. The number of amides is 2. The molecule has 2 atom stereocenters. The van der Waals surface area contributed by atoms with E-state index in [2.05, 4.69) is 10.6 Å². The van der Waals surface area contributed by atoms with Crippen LogP contribution in [0.1, 0.15) is 48.5 Å². The van der Waals surface area contributed by atoms with Gasteiger partial charge in [-0.25, -0.2) is 0 Å². The lowest BCUT2D eigenvalue weighted by molar-refractivity contribution is -0.119. The summed E-state index contributed by atoms with van der Waals surface area (Å²) >= 11 is 0. The van der Waals surface area contributed by atoms with E-state index in [-0.39, 0.29) is 17.9 Å². The lowest BCUT2D eigenvalue weighted by Gasteiger charge is -2.28. The summed E-state index contributed by atoms with van der Waals surface area (Å²) in [7, 11) is 0. The van der Waals surface area contributed by atoms with Gasteiger partial charge in [0.2, 0.25) is 5.91 Å². The molecule has 21 heavy (non-hydrogen) atoms. The number of carbonyl (C=O) groups is 2. The fraction of sp³-hybridized carbons (Fsp3) is 0.500. The van der Waals surface area contributed by atoms with Crippen LogP contribution in [0.2, 0.25) is 0 Å². The highest BCUT2D eigenvalue weighted by Gasteiger charge is 2.24. The van der Waals surface area contributed by atoms with Gasteiger partial charge in [-0.2, -0.15) is 0 Å². The fourth-order valence-corrected chi connectivity index (χ4v) is 2.53. The Bertz CT molecular complexity index is 499. The first-order chi connectivity index (χ1) is 10.1. The molecule has 0 aromatic heterocycles. The first-order valence-electron chi connectivity index (χ1n) is 7.38. The average Bonchev–Trinajstić information content (AvgIpc) is 2.48. The van der Waals surface area contributed by atoms with Crippen LogP contribution in [-0.2, 0) is 11.3 Å². The Kier molecular flexibility index (Phi) is 5.33. The zero-order valence-electron chi connectivity index (χ0n) is 12.3. The Morgan fingerprint density at radius 2 is 1.86 bits per heavy atom. The molecule has 1 saturated carbocycles. The summed E-state index contributed by atoms with van der Waals surface area (Å²) in [5.41, 5.74) is 1.51. The monoisotopic (exact) mass is 290 g/mol. The van der Waals surface area contributed by atoms with Crippen LogP contribution in [0.15, 0.2) is 24.3 Å². The highest BCUT2D eigenvalue weighted by molar-refractivity contribution is 5.94. The number of hydrogen-bond acceptors (Lipinski definition) is 3. The van der Waals surface area contributed by atoms with E-state index in [1.54, 1.807) is 12.1 Å². The molecule has 0 heterocycles. The Hall–Kier alpha value is -1.88. The van der Waals surface area contributed by atoms with Crippen molar-refractivity contribution in [3.05, 3.63) is 35.4 Å². The number of nitrogens with one attached hydrogen (secondary N) is 2. The minimum absolute atomic E-state index is 0.0805. The highest BCUT2D eigenvalue weighted by Crippen LogP contribution is 2.18. The van der Waals surface area contributed by atoms with Gasteiger partial charge < -0.3 is 15.7 Å². The quantitative estimate of drug-likeness (QED) is 0.783. The lowest BCUT2D eigenvalue weighted by atomic mass is 9.92.